The molecule has 86 valence electrons. The normalized spacial score (nSPS) is 20.4. The van der Waals surface area contributed by atoms with E-state index in [1.165, 1.54) is 27.5 Å². The first-order chi connectivity index (χ1) is 8.92. The maximum atomic E-state index is 2.37. The Kier molecular flexibility index (Phi) is 2.04. The molecule has 0 saturated carbocycles. The Morgan fingerprint density at radius 2 is 1.89 bits per heavy atom. The monoisotopic (exact) mass is 230 g/mol. The van der Waals surface area contributed by atoms with Gasteiger partial charge >= 0.3 is 0 Å². The van der Waals surface area contributed by atoms with E-state index in [0.717, 1.165) is 6.42 Å². The van der Waals surface area contributed by atoms with Crippen LogP contribution in [0.25, 0.3) is 16.8 Å². The van der Waals surface area contributed by atoms with Gasteiger partial charge in [0.25, 0.3) is 0 Å². The van der Waals surface area contributed by atoms with Crippen LogP contribution >= 0.6 is 0 Å². The van der Waals surface area contributed by atoms with Crippen molar-refractivity contribution in [3.63, 3.8) is 0 Å². The molecule has 0 heterocycles. The molecule has 0 fully saturated rings. The molecule has 0 spiro atoms. The molecular formula is C18H14. The van der Waals surface area contributed by atoms with Gasteiger partial charge in [-0.3, -0.25) is 0 Å². The molecule has 0 nitrogen and oxygen atoms in total. The van der Waals surface area contributed by atoms with Gasteiger partial charge in [0.2, 0.25) is 0 Å². The van der Waals surface area contributed by atoms with E-state index in [0.29, 0.717) is 5.92 Å². The molecule has 0 bridgehead atoms. The minimum atomic E-state index is 0.573. The topological polar surface area (TPSA) is 0 Å². The molecule has 4 rings (SSSR count). The zero-order chi connectivity index (χ0) is 11.9. The molecule has 0 aromatic heterocycles. The molecule has 2 aliphatic carbocycles. The van der Waals surface area contributed by atoms with Gasteiger partial charge in [0, 0.05) is 5.92 Å². The average Bonchev–Trinajstić information content (AvgIpc) is 2.45. The van der Waals surface area contributed by atoms with Gasteiger partial charge in [0.05, 0.1) is 0 Å². The molecule has 1 unspecified atom stereocenters. The summed E-state index contributed by atoms with van der Waals surface area (Å²) < 4.78 is 0. The van der Waals surface area contributed by atoms with Crippen molar-refractivity contribution < 1.29 is 0 Å². The first kappa shape index (κ1) is 9.90. The summed E-state index contributed by atoms with van der Waals surface area (Å²) in [6.45, 7) is 0. The Morgan fingerprint density at radius 1 is 0.944 bits per heavy atom. The van der Waals surface area contributed by atoms with Crippen molar-refractivity contribution in [2.45, 2.75) is 6.42 Å². The summed E-state index contributed by atoms with van der Waals surface area (Å²) in [6, 6.07) is 13.2. The Morgan fingerprint density at radius 3 is 2.89 bits per heavy atom. The highest BCUT2D eigenvalue weighted by atomic mass is 14.2. The van der Waals surface area contributed by atoms with E-state index < -0.39 is 0 Å². The van der Waals surface area contributed by atoms with E-state index in [9.17, 15) is 0 Å². The summed E-state index contributed by atoms with van der Waals surface area (Å²) in [5.74, 6) is 0.573. The summed E-state index contributed by atoms with van der Waals surface area (Å²) in [5.41, 5.74) is 4.34. The van der Waals surface area contributed by atoms with Crippen LogP contribution in [0, 0.1) is 5.92 Å². The minimum Gasteiger partial charge on any atom is -0.0767 e. The van der Waals surface area contributed by atoms with E-state index >= 15 is 0 Å². The highest BCUT2D eigenvalue weighted by Crippen LogP contribution is 2.35. The lowest BCUT2D eigenvalue weighted by Crippen LogP contribution is -2.11. The first-order valence-corrected chi connectivity index (χ1v) is 6.49. The molecule has 1 atom stereocenters. The average molecular weight is 230 g/mol. The van der Waals surface area contributed by atoms with Crippen molar-refractivity contribution in [3.8, 4) is 0 Å². The van der Waals surface area contributed by atoms with Crippen LogP contribution in [0.4, 0.5) is 0 Å². The van der Waals surface area contributed by atoms with Gasteiger partial charge in [-0.05, 0) is 33.9 Å². The Labute approximate surface area is 107 Å². The van der Waals surface area contributed by atoms with E-state index in [-0.39, 0.29) is 0 Å². The van der Waals surface area contributed by atoms with E-state index in [2.05, 4.69) is 66.8 Å². The van der Waals surface area contributed by atoms with Crippen molar-refractivity contribution in [2.24, 2.45) is 5.92 Å². The van der Waals surface area contributed by atoms with Crippen LogP contribution in [-0.2, 0) is 6.42 Å². The Balaban J connectivity index is 2.01. The quantitative estimate of drug-likeness (QED) is 0.624. The highest BCUT2D eigenvalue weighted by molar-refractivity contribution is 5.93. The smallest absolute Gasteiger partial charge is 0.00619 e. The van der Waals surface area contributed by atoms with Gasteiger partial charge in [0.15, 0.2) is 0 Å². The number of fused-ring (bicyclic) bond motifs is 4. The zero-order valence-electron chi connectivity index (χ0n) is 10.1. The van der Waals surface area contributed by atoms with E-state index in [4.69, 9.17) is 0 Å². The SMILES string of the molecule is C1=CC2=Cc3c(ccc4ccccc34)CC2C=C1. The minimum absolute atomic E-state index is 0.573. The maximum absolute atomic E-state index is 2.37. The van der Waals surface area contributed by atoms with Gasteiger partial charge in [-0.15, -0.1) is 0 Å². The van der Waals surface area contributed by atoms with Crippen LogP contribution < -0.4 is 0 Å². The third kappa shape index (κ3) is 1.39. The van der Waals surface area contributed by atoms with E-state index in [1.807, 2.05) is 0 Å². The fourth-order valence-corrected chi connectivity index (χ4v) is 3.03. The third-order valence-corrected chi connectivity index (χ3v) is 3.98. The van der Waals surface area contributed by atoms with Crippen LogP contribution in [0.3, 0.4) is 0 Å². The largest absolute Gasteiger partial charge is 0.0767 e. The second kappa shape index (κ2) is 3.71. The first-order valence-electron chi connectivity index (χ1n) is 6.49. The van der Waals surface area contributed by atoms with Gasteiger partial charge < -0.3 is 0 Å². The van der Waals surface area contributed by atoms with Crippen molar-refractivity contribution in [1.29, 1.82) is 0 Å². The summed E-state index contributed by atoms with van der Waals surface area (Å²) in [4.78, 5) is 0. The molecule has 0 N–H and O–H groups in total. The molecule has 2 aromatic rings. The van der Waals surface area contributed by atoms with Gasteiger partial charge in [0.1, 0.15) is 0 Å². The van der Waals surface area contributed by atoms with Gasteiger partial charge in [-0.25, -0.2) is 0 Å². The molecule has 18 heavy (non-hydrogen) atoms. The van der Waals surface area contributed by atoms with Gasteiger partial charge in [-0.1, -0.05) is 66.8 Å². The van der Waals surface area contributed by atoms with Crippen LogP contribution in [0.15, 0.2) is 66.3 Å². The zero-order valence-corrected chi connectivity index (χ0v) is 10.1. The van der Waals surface area contributed by atoms with Crippen molar-refractivity contribution in [2.75, 3.05) is 0 Å². The maximum Gasteiger partial charge on any atom is 0.00619 e. The second-order valence-electron chi connectivity index (χ2n) is 5.06. The fourth-order valence-electron chi connectivity index (χ4n) is 3.03. The predicted molar refractivity (Wildman–Crippen MR) is 77.4 cm³/mol. The van der Waals surface area contributed by atoms with Crippen molar-refractivity contribution in [3.05, 3.63) is 77.4 Å². The number of benzene rings is 2. The van der Waals surface area contributed by atoms with Crippen LogP contribution in [0.2, 0.25) is 0 Å². The summed E-state index contributed by atoms with van der Waals surface area (Å²) in [5, 5.41) is 2.71. The Bertz CT molecular complexity index is 714. The second-order valence-corrected chi connectivity index (χ2v) is 5.06. The molecule has 0 heteroatoms. The number of hydrogen-bond acceptors (Lipinski definition) is 0. The molecular weight excluding hydrogens is 216 g/mol. The Hall–Kier alpha value is -2.08. The predicted octanol–water partition coefficient (Wildman–Crippen LogP) is 4.52. The van der Waals surface area contributed by atoms with Crippen LogP contribution in [0.5, 0.6) is 0 Å². The third-order valence-electron chi connectivity index (χ3n) is 3.98. The molecule has 0 aliphatic heterocycles. The lowest BCUT2D eigenvalue weighted by molar-refractivity contribution is 0.760. The highest BCUT2D eigenvalue weighted by Gasteiger charge is 2.20. The molecule has 0 saturated heterocycles. The van der Waals surface area contributed by atoms with Crippen molar-refractivity contribution >= 4 is 16.8 Å². The number of rotatable bonds is 0. The van der Waals surface area contributed by atoms with Crippen molar-refractivity contribution in [1.82, 2.24) is 0 Å². The summed E-state index contributed by atoms with van der Waals surface area (Å²) >= 11 is 0. The number of hydrogen-bond donors (Lipinski definition) is 0. The summed E-state index contributed by atoms with van der Waals surface area (Å²) in [7, 11) is 0. The molecule has 0 amide bonds. The van der Waals surface area contributed by atoms with Gasteiger partial charge in [-0.2, -0.15) is 0 Å². The fraction of sp³-hybridized carbons (Fsp3) is 0.111. The molecule has 2 aromatic carbocycles. The van der Waals surface area contributed by atoms with Crippen LogP contribution in [0.1, 0.15) is 11.1 Å². The standard InChI is InChI=1S/C18H14/c1-2-7-15-12-18-16(11-14(15)6-1)10-9-13-5-3-4-8-17(13)18/h1-10,12,14H,11H2. The summed E-state index contributed by atoms with van der Waals surface area (Å²) in [6.07, 6.45) is 12.4. The van der Waals surface area contributed by atoms with E-state index in [1.54, 1.807) is 0 Å². The molecule has 0 radical (unpaired) electrons. The number of allylic oxidation sites excluding steroid dienone is 5. The lowest BCUT2D eigenvalue weighted by atomic mass is 9.80. The molecule has 2 aliphatic rings. The lowest BCUT2D eigenvalue weighted by Gasteiger charge is -2.24. The van der Waals surface area contributed by atoms with Crippen LogP contribution in [-0.4, -0.2) is 0 Å².